The number of phenols is 1. The van der Waals surface area contributed by atoms with E-state index in [9.17, 15) is 14.7 Å². The minimum absolute atomic E-state index is 0.0619. The highest BCUT2D eigenvalue weighted by molar-refractivity contribution is 8.27. The molecule has 0 spiro atoms. The average Bonchev–Trinajstić information content (AvgIpc) is 3.12. The number of aromatic hydroxyl groups is 1. The van der Waals surface area contributed by atoms with Gasteiger partial charge in [-0.15, -0.1) is 0 Å². The maximum absolute atomic E-state index is 13.1. The molecule has 2 aromatic carbocycles. The number of thiocarbonyl (C=S) groups is 1. The Kier molecular flexibility index (Phi) is 10.4. The third-order valence-corrected chi connectivity index (χ3v) is 7.17. The zero-order valence-corrected chi connectivity index (χ0v) is 23.0. The number of benzene rings is 2. The molecule has 0 aliphatic carbocycles. The predicted molar refractivity (Wildman–Crippen MR) is 152 cm³/mol. The lowest BCUT2D eigenvalue weighted by Gasteiger charge is -2.18. The van der Waals surface area contributed by atoms with Crippen LogP contribution in [0.1, 0.15) is 75.2 Å². The van der Waals surface area contributed by atoms with E-state index in [4.69, 9.17) is 26.8 Å². The molecule has 37 heavy (non-hydrogen) atoms. The average molecular weight is 544 g/mol. The Morgan fingerprint density at radius 1 is 1.11 bits per heavy atom. The fraction of sp³-hybridized carbons (Fsp3) is 0.393. The Labute approximate surface area is 227 Å². The molecule has 7 nitrogen and oxygen atoms in total. The molecule has 2 N–H and O–H groups in total. The van der Waals surface area contributed by atoms with E-state index in [1.807, 2.05) is 25.1 Å². The van der Waals surface area contributed by atoms with Crippen LogP contribution in [0.4, 0.5) is 5.69 Å². The maximum Gasteiger partial charge on any atom is 0.339 e. The topological polar surface area (TPSA) is 96.3 Å². The fourth-order valence-electron chi connectivity index (χ4n) is 3.97. The first kappa shape index (κ1) is 28.5. The number of hydrogen-bond acceptors (Lipinski definition) is 7. The van der Waals surface area contributed by atoms with Crippen LogP contribution < -0.4 is 14.4 Å². The van der Waals surface area contributed by atoms with Gasteiger partial charge in [-0.2, -0.15) is 0 Å². The summed E-state index contributed by atoms with van der Waals surface area (Å²) >= 11 is 6.53. The van der Waals surface area contributed by atoms with Crippen molar-refractivity contribution in [2.75, 3.05) is 11.5 Å². The highest BCUT2D eigenvalue weighted by atomic mass is 32.2. The molecule has 0 bridgehead atoms. The number of nitrogens with zero attached hydrogens (tertiary/aromatic N) is 1. The first-order valence-electron chi connectivity index (χ1n) is 12.5. The van der Waals surface area contributed by atoms with Gasteiger partial charge in [0.25, 0.3) is 5.91 Å². The number of unbranched alkanes of at least 4 members (excludes halogenated alkanes) is 4. The highest BCUT2D eigenvalue weighted by Crippen LogP contribution is 2.38. The smallest absolute Gasteiger partial charge is 0.339 e. The van der Waals surface area contributed by atoms with Gasteiger partial charge in [-0.3, -0.25) is 9.69 Å². The molecule has 9 heteroatoms. The lowest BCUT2D eigenvalue weighted by Crippen LogP contribution is -2.27. The molecule has 0 aromatic heterocycles. The molecule has 1 aliphatic rings. The molecule has 198 valence electrons. The number of ether oxygens (including phenoxy) is 2. The third-order valence-electron chi connectivity index (χ3n) is 5.87. The number of carboxylic acids is 1. The fourth-order valence-corrected chi connectivity index (χ4v) is 5.27. The van der Waals surface area contributed by atoms with Crippen molar-refractivity contribution in [1.29, 1.82) is 0 Å². The van der Waals surface area contributed by atoms with E-state index in [2.05, 4.69) is 13.8 Å². The normalized spacial score (nSPS) is 15.3. The molecule has 0 radical (unpaired) electrons. The van der Waals surface area contributed by atoms with Crippen molar-refractivity contribution in [2.24, 2.45) is 0 Å². The van der Waals surface area contributed by atoms with Crippen molar-refractivity contribution < 1.29 is 29.3 Å². The molecule has 2 aromatic rings. The van der Waals surface area contributed by atoms with Crippen LogP contribution in [-0.2, 0) is 4.79 Å². The van der Waals surface area contributed by atoms with Crippen molar-refractivity contribution in [3.05, 3.63) is 52.4 Å². The molecule has 1 heterocycles. The highest BCUT2D eigenvalue weighted by Gasteiger charge is 2.34. The summed E-state index contributed by atoms with van der Waals surface area (Å²) in [6.45, 7) is 6.65. The minimum atomic E-state index is -1.26. The molecular formula is C28H33NO6S2. The van der Waals surface area contributed by atoms with Crippen LogP contribution >= 0.6 is 24.0 Å². The number of carbonyl (C=O) groups is 2. The number of amides is 1. The van der Waals surface area contributed by atoms with Gasteiger partial charge in [-0.05, 0) is 62.6 Å². The van der Waals surface area contributed by atoms with E-state index in [1.165, 1.54) is 48.8 Å². The van der Waals surface area contributed by atoms with Crippen LogP contribution in [0.2, 0.25) is 0 Å². The van der Waals surface area contributed by atoms with Crippen LogP contribution in [0.5, 0.6) is 17.2 Å². The number of anilines is 1. The molecular weight excluding hydrogens is 510 g/mol. The maximum atomic E-state index is 13.1. The second-order valence-electron chi connectivity index (χ2n) is 8.79. The molecule has 0 saturated carbocycles. The Balaban J connectivity index is 1.75. The van der Waals surface area contributed by atoms with E-state index in [-0.39, 0.29) is 21.9 Å². The van der Waals surface area contributed by atoms with Gasteiger partial charge in [-0.25, -0.2) is 4.79 Å². The summed E-state index contributed by atoms with van der Waals surface area (Å²) < 4.78 is 12.3. The van der Waals surface area contributed by atoms with Crippen molar-refractivity contribution in [3.8, 4) is 17.2 Å². The van der Waals surface area contributed by atoms with Gasteiger partial charge in [0.1, 0.15) is 11.3 Å². The number of aromatic carboxylic acids is 1. The zero-order valence-electron chi connectivity index (χ0n) is 21.4. The van der Waals surface area contributed by atoms with Gasteiger partial charge >= 0.3 is 5.97 Å². The van der Waals surface area contributed by atoms with E-state index < -0.39 is 11.7 Å². The first-order chi connectivity index (χ1) is 17.7. The van der Waals surface area contributed by atoms with Gasteiger partial charge in [0.2, 0.25) is 0 Å². The first-order valence-corrected chi connectivity index (χ1v) is 13.7. The Morgan fingerprint density at radius 2 is 1.86 bits per heavy atom. The monoisotopic (exact) mass is 543 g/mol. The largest absolute Gasteiger partial charge is 0.507 e. The lowest BCUT2D eigenvalue weighted by molar-refractivity contribution is -0.113. The molecule has 1 saturated heterocycles. The molecule has 1 unspecified atom stereocenters. The van der Waals surface area contributed by atoms with Gasteiger partial charge < -0.3 is 19.7 Å². The van der Waals surface area contributed by atoms with E-state index in [0.29, 0.717) is 28.7 Å². The summed E-state index contributed by atoms with van der Waals surface area (Å²) in [6.07, 6.45) is 8.85. The summed E-state index contributed by atoms with van der Waals surface area (Å²) in [5, 5.41) is 19.2. The van der Waals surface area contributed by atoms with Crippen LogP contribution in [-0.4, -0.2) is 39.1 Å². The van der Waals surface area contributed by atoms with Gasteiger partial charge in [0.15, 0.2) is 15.8 Å². The quantitative estimate of drug-likeness (QED) is 0.158. The van der Waals surface area contributed by atoms with Crippen molar-refractivity contribution in [1.82, 2.24) is 0 Å². The van der Waals surface area contributed by atoms with Gasteiger partial charge in [0, 0.05) is 6.07 Å². The molecule has 1 atom stereocenters. The molecule has 1 amide bonds. The van der Waals surface area contributed by atoms with Crippen molar-refractivity contribution in [3.63, 3.8) is 0 Å². The third kappa shape index (κ3) is 7.49. The van der Waals surface area contributed by atoms with Crippen LogP contribution in [0.15, 0.2) is 41.3 Å². The van der Waals surface area contributed by atoms with Crippen LogP contribution in [0.25, 0.3) is 6.08 Å². The Morgan fingerprint density at radius 3 is 2.54 bits per heavy atom. The van der Waals surface area contributed by atoms with Gasteiger partial charge in [-0.1, -0.05) is 62.7 Å². The Hall–Kier alpha value is -3.04. The summed E-state index contributed by atoms with van der Waals surface area (Å²) in [5.74, 6) is -0.767. The molecule has 1 aliphatic heterocycles. The zero-order chi connectivity index (χ0) is 26.9. The SMILES string of the molecule is CCCCCCCC(C)Oc1ccc(/C=C2/SC(=S)N(c3ccc(C(=O)O)c(O)c3)C2=O)cc1OCC. The summed E-state index contributed by atoms with van der Waals surface area (Å²) in [7, 11) is 0. The Bertz CT molecular complexity index is 1180. The van der Waals surface area contributed by atoms with E-state index in [0.717, 1.165) is 30.2 Å². The van der Waals surface area contributed by atoms with Crippen LogP contribution in [0, 0.1) is 0 Å². The van der Waals surface area contributed by atoms with Crippen LogP contribution in [0.3, 0.4) is 0 Å². The van der Waals surface area contributed by atoms with Crippen molar-refractivity contribution >= 4 is 51.9 Å². The summed E-state index contributed by atoms with van der Waals surface area (Å²) in [4.78, 5) is 26.0. The summed E-state index contributed by atoms with van der Waals surface area (Å²) in [5.41, 5.74) is 0.810. The number of rotatable bonds is 13. The van der Waals surface area contributed by atoms with Gasteiger partial charge in [0.05, 0.1) is 23.3 Å². The van der Waals surface area contributed by atoms with Crippen molar-refractivity contribution in [2.45, 2.75) is 65.4 Å². The second-order valence-corrected chi connectivity index (χ2v) is 10.5. The summed E-state index contributed by atoms with van der Waals surface area (Å²) in [6, 6.07) is 9.48. The number of thioether (sulfide) groups is 1. The molecule has 1 fully saturated rings. The number of carboxylic acid groups (broad SMARTS) is 1. The standard InChI is InChI=1S/C28H33NO6S2/c1-4-6-7-8-9-10-18(3)35-23-14-11-19(15-24(23)34-5-2)16-25-26(31)29(28(36)37-25)20-12-13-21(27(32)33)22(30)17-20/h11-18,30H,4-10H2,1-3H3,(H,32,33)/b25-16+. The number of carbonyl (C=O) groups excluding carboxylic acids is 1. The molecule has 3 rings (SSSR count). The number of hydrogen-bond donors (Lipinski definition) is 2. The predicted octanol–water partition coefficient (Wildman–Crippen LogP) is 7.02. The second kappa shape index (κ2) is 13.5. The minimum Gasteiger partial charge on any atom is -0.507 e. The van der Waals surface area contributed by atoms with E-state index >= 15 is 0 Å². The van der Waals surface area contributed by atoms with E-state index in [1.54, 1.807) is 6.08 Å². The lowest BCUT2D eigenvalue weighted by atomic mass is 10.1.